The minimum absolute atomic E-state index is 0.00502. The number of benzene rings is 2. The van der Waals surface area contributed by atoms with E-state index in [2.05, 4.69) is 10.5 Å². The standard InChI is InChI=1S/C25H24N2O5/c1-15-21(26-24(30)31-20-3-2-4-20)22(27-32-15)18-7-5-16(6-8-18)17-9-11-19(12-10-17)25(13-14-25)23(28)29/h5-12,20H,2-4,13-14H2,1H3,(H,26,30)(H,28,29). The quantitative estimate of drug-likeness (QED) is 0.531. The van der Waals surface area contributed by atoms with Crippen molar-refractivity contribution in [2.45, 2.75) is 50.5 Å². The SMILES string of the molecule is Cc1onc(-c2ccc(-c3ccc(C4(C(=O)O)CC4)cc3)cc2)c1NC(=O)OC1CCC1. The summed E-state index contributed by atoms with van der Waals surface area (Å²) in [6.45, 7) is 1.75. The molecule has 0 saturated heterocycles. The first kappa shape index (κ1) is 20.3. The van der Waals surface area contributed by atoms with Gasteiger partial charge in [0.25, 0.3) is 0 Å². The largest absolute Gasteiger partial charge is 0.481 e. The number of aryl methyl sites for hydroxylation is 1. The summed E-state index contributed by atoms with van der Waals surface area (Å²) in [6.07, 6.45) is 3.79. The molecule has 0 radical (unpaired) electrons. The van der Waals surface area contributed by atoms with Gasteiger partial charge in [0.2, 0.25) is 0 Å². The number of carboxylic acids is 1. The Morgan fingerprint density at radius 2 is 1.62 bits per heavy atom. The van der Waals surface area contributed by atoms with E-state index in [0.29, 0.717) is 30.0 Å². The molecule has 5 rings (SSSR count). The van der Waals surface area contributed by atoms with Crippen LogP contribution in [0.25, 0.3) is 22.4 Å². The predicted molar refractivity (Wildman–Crippen MR) is 118 cm³/mol. The number of nitrogens with zero attached hydrogens (tertiary/aromatic N) is 1. The van der Waals surface area contributed by atoms with Crippen molar-refractivity contribution in [1.29, 1.82) is 0 Å². The van der Waals surface area contributed by atoms with Crippen LogP contribution in [0.4, 0.5) is 10.5 Å². The second kappa shape index (κ2) is 7.82. The van der Waals surface area contributed by atoms with Crippen LogP contribution in [0, 0.1) is 6.92 Å². The summed E-state index contributed by atoms with van der Waals surface area (Å²) in [4.78, 5) is 23.7. The van der Waals surface area contributed by atoms with Gasteiger partial charge in [-0.25, -0.2) is 4.79 Å². The summed E-state index contributed by atoms with van der Waals surface area (Å²) in [6, 6.07) is 15.5. The third-order valence-electron chi connectivity index (χ3n) is 6.50. The van der Waals surface area contributed by atoms with Crippen LogP contribution in [-0.4, -0.2) is 28.4 Å². The average Bonchev–Trinajstić information content (AvgIpc) is 3.51. The number of hydrogen-bond acceptors (Lipinski definition) is 5. The van der Waals surface area contributed by atoms with Gasteiger partial charge in [-0.05, 0) is 55.7 Å². The van der Waals surface area contributed by atoms with Crippen LogP contribution in [0.5, 0.6) is 0 Å². The second-order valence-electron chi connectivity index (χ2n) is 8.59. The molecule has 1 heterocycles. The molecule has 7 heteroatoms. The van der Waals surface area contributed by atoms with E-state index in [1.54, 1.807) is 6.92 Å². The Morgan fingerprint density at radius 3 is 2.16 bits per heavy atom. The van der Waals surface area contributed by atoms with E-state index in [-0.39, 0.29) is 6.10 Å². The zero-order chi connectivity index (χ0) is 22.3. The third kappa shape index (κ3) is 3.64. The molecule has 7 nitrogen and oxygen atoms in total. The molecule has 2 fully saturated rings. The zero-order valence-corrected chi connectivity index (χ0v) is 17.8. The highest BCUT2D eigenvalue weighted by molar-refractivity contribution is 5.91. The fourth-order valence-corrected chi connectivity index (χ4v) is 4.04. The first-order valence-electron chi connectivity index (χ1n) is 10.8. The Morgan fingerprint density at radius 1 is 1.03 bits per heavy atom. The first-order chi connectivity index (χ1) is 15.5. The number of hydrogen-bond donors (Lipinski definition) is 2. The number of rotatable bonds is 6. The predicted octanol–water partition coefficient (Wildman–Crippen LogP) is 5.53. The number of amides is 1. The molecule has 2 N–H and O–H groups in total. The van der Waals surface area contributed by atoms with Gasteiger partial charge in [-0.3, -0.25) is 10.1 Å². The van der Waals surface area contributed by atoms with E-state index in [1.807, 2.05) is 48.5 Å². The number of carboxylic acid groups (broad SMARTS) is 1. The fourth-order valence-electron chi connectivity index (χ4n) is 4.04. The molecule has 2 saturated carbocycles. The van der Waals surface area contributed by atoms with Crippen LogP contribution in [0.15, 0.2) is 53.1 Å². The third-order valence-corrected chi connectivity index (χ3v) is 6.50. The van der Waals surface area contributed by atoms with Crippen molar-refractivity contribution in [2.75, 3.05) is 5.32 Å². The molecule has 0 spiro atoms. The van der Waals surface area contributed by atoms with Crippen LogP contribution < -0.4 is 5.32 Å². The second-order valence-corrected chi connectivity index (χ2v) is 8.59. The lowest BCUT2D eigenvalue weighted by molar-refractivity contribution is -0.140. The van der Waals surface area contributed by atoms with Gasteiger partial charge in [0, 0.05) is 5.56 Å². The minimum atomic E-state index is -0.751. The maximum absolute atomic E-state index is 12.2. The molecule has 1 aromatic heterocycles. The van der Waals surface area contributed by atoms with Crippen molar-refractivity contribution >= 4 is 17.7 Å². The number of ether oxygens (including phenoxy) is 1. The minimum Gasteiger partial charge on any atom is -0.481 e. The van der Waals surface area contributed by atoms with E-state index in [0.717, 1.165) is 41.5 Å². The fraction of sp³-hybridized carbons (Fsp3) is 0.320. The summed E-state index contributed by atoms with van der Waals surface area (Å²) in [5, 5.41) is 16.4. The number of aliphatic carboxylic acids is 1. The normalized spacial score (nSPS) is 16.8. The van der Waals surface area contributed by atoms with Crippen LogP contribution >= 0.6 is 0 Å². The highest BCUT2D eigenvalue weighted by Crippen LogP contribution is 2.48. The van der Waals surface area contributed by atoms with Gasteiger partial charge >= 0.3 is 12.1 Å². The Balaban J connectivity index is 1.33. The van der Waals surface area contributed by atoms with Crippen LogP contribution in [-0.2, 0) is 14.9 Å². The van der Waals surface area contributed by atoms with Gasteiger partial charge in [-0.1, -0.05) is 53.7 Å². The van der Waals surface area contributed by atoms with E-state index in [9.17, 15) is 14.7 Å². The summed E-state index contributed by atoms with van der Waals surface area (Å²) < 4.78 is 10.7. The van der Waals surface area contributed by atoms with Gasteiger partial charge in [-0.15, -0.1) is 0 Å². The molecule has 0 bridgehead atoms. The highest BCUT2D eigenvalue weighted by atomic mass is 16.6. The monoisotopic (exact) mass is 432 g/mol. The van der Waals surface area contributed by atoms with Crippen molar-refractivity contribution in [3.05, 3.63) is 59.9 Å². The lowest BCUT2D eigenvalue weighted by atomic mass is 9.93. The smallest absolute Gasteiger partial charge is 0.412 e. The zero-order valence-electron chi connectivity index (χ0n) is 17.8. The average molecular weight is 432 g/mol. The number of aromatic nitrogens is 1. The highest BCUT2D eigenvalue weighted by Gasteiger charge is 2.51. The first-order valence-corrected chi connectivity index (χ1v) is 10.8. The van der Waals surface area contributed by atoms with Crippen LogP contribution in [0.3, 0.4) is 0 Å². The number of carbonyl (C=O) groups excluding carboxylic acids is 1. The molecule has 2 aromatic carbocycles. The van der Waals surface area contributed by atoms with Crippen LogP contribution in [0.1, 0.15) is 43.4 Å². The molecule has 0 unspecified atom stereocenters. The Kier molecular flexibility index (Phi) is 4.96. The van der Waals surface area contributed by atoms with Gasteiger partial charge < -0.3 is 14.4 Å². The maximum atomic E-state index is 12.2. The molecule has 0 atom stereocenters. The van der Waals surface area contributed by atoms with Gasteiger partial charge in [0.15, 0.2) is 5.76 Å². The lowest BCUT2D eigenvalue weighted by Gasteiger charge is -2.25. The maximum Gasteiger partial charge on any atom is 0.412 e. The van der Waals surface area contributed by atoms with Crippen molar-refractivity contribution < 1.29 is 24.0 Å². The number of anilines is 1. The molecule has 2 aliphatic rings. The molecule has 0 aliphatic heterocycles. The van der Waals surface area contributed by atoms with E-state index in [4.69, 9.17) is 9.26 Å². The van der Waals surface area contributed by atoms with Gasteiger partial charge in [0.05, 0.1) is 5.41 Å². The van der Waals surface area contributed by atoms with Crippen molar-refractivity contribution in [3.8, 4) is 22.4 Å². The molecular weight excluding hydrogens is 408 g/mol. The molecular formula is C25H24N2O5. The van der Waals surface area contributed by atoms with Crippen LogP contribution in [0.2, 0.25) is 0 Å². The van der Waals surface area contributed by atoms with Crippen molar-refractivity contribution in [1.82, 2.24) is 5.16 Å². The van der Waals surface area contributed by atoms with Crippen molar-refractivity contribution in [2.24, 2.45) is 0 Å². The summed E-state index contributed by atoms with van der Waals surface area (Å²) in [5.74, 6) is -0.240. The molecule has 164 valence electrons. The number of nitrogens with one attached hydrogen (secondary N) is 1. The van der Waals surface area contributed by atoms with Crippen molar-refractivity contribution in [3.63, 3.8) is 0 Å². The van der Waals surface area contributed by atoms with Gasteiger partial charge in [-0.2, -0.15) is 0 Å². The summed E-state index contributed by atoms with van der Waals surface area (Å²) >= 11 is 0. The Hall–Kier alpha value is -3.61. The molecule has 32 heavy (non-hydrogen) atoms. The Bertz CT molecular complexity index is 1160. The number of carbonyl (C=O) groups is 2. The lowest BCUT2D eigenvalue weighted by Crippen LogP contribution is -2.27. The topological polar surface area (TPSA) is 102 Å². The Labute approximate surface area is 185 Å². The summed E-state index contributed by atoms with van der Waals surface area (Å²) in [7, 11) is 0. The van der Waals surface area contributed by atoms with E-state index >= 15 is 0 Å². The van der Waals surface area contributed by atoms with E-state index < -0.39 is 17.5 Å². The molecule has 1 amide bonds. The molecule has 3 aromatic rings. The molecule has 2 aliphatic carbocycles. The van der Waals surface area contributed by atoms with E-state index in [1.165, 1.54) is 0 Å². The summed E-state index contributed by atoms with van der Waals surface area (Å²) in [5.41, 5.74) is 4.02. The van der Waals surface area contributed by atoms with Gasteiger partial charge in [0.1, 0.15) is 17.5 Å².